The lowest BCUT2D eigenvalue weighted by Crippen LogP contribution is -1.92. The number of hydrogen-bond donors (Lipinski definition) is 3. The van der Waals surface area contributed by atoms with Gasteiger partial charge in [-0.3, -0.25) is 9.59 Å². The van der Waals surface area contributed by atoms with Crippen molar-refractivity contribution in [3.8, 4) is 5.75 Å². The average molecular weight is 211 g/mol. The van der Waals surface area contributed by atoms with Crippen LogP contribution in [0.15, 0.2) is 18.2 Å². The number of carbonyl (C=O) groups excluding carboxylic acids is 2. The summed E-state index contributed by atoms with van der Waals surface area (Å²) in [6.45, 7) is 1.40. The highest BCUT2D eigenvalue weighted by Crippen LogP contribution is 2.16. The first-order chi connectivity index (χ1) is 7.06. The summed E-state index contributed by atoms with van der Waals surface area (Å²) in [5, 5.41) is 16.5. The summed E-state index contributed by atoms with van der Waals surface area (Å²) in [5.74, 6) is -0.291. The Morgan fingerprint density at radius 2 is 2.00 bits per heavy atom. The third-order valence-corrected chi connectivity index (χ3v) is 1.56. The van der Waals surface area contributed by atoms with Crippen LogP contribution in [0.2, 0.25) is 0 Å². The van der Waals surface area contributed by atoms with Crippen molar-refractivity contribution in [2.75, 3.05) is 7.05 Å². The zero-order valence-corrected chi connectivity index (χ0v) is 8.52. The SMILES string of the molecule is CC(=O)c1ccc(C=O)c(O)c1.CNO. The molecule has 0 atom stereocenters. The number of aldehydes is 1. The van der Waals surface area contributed by atoms with Gasteiger partial charge in [0.05, 0.1) is 5.56 Å². The van der Waals surface area contributed by atoms with E-state index >= 15 is 0 Å². The molecule has 15 heavy (non-hydrogen) atoms. The van der Waals surface area contributed by atoms with Gasteiger partial charge in [0.25, 0.3) is 0 Å². The van der Waals surface area contributed by atoms with Gasteiger partial charge in [-0.2, -0.15) is 0 Å². The van der Waals surface area contributed by atoms with E-state index in [1.807, 2.05) is 0 Å². The molecule has 0 radical (unpaired) electrons. The maximum atomic E-state index is 10.8. The van der Waals surface area contributed by atoms with Crippen LogP contribution in [0.3, 0.4) is 0 Å². The number of hydroxylamine groups is 1. The lowest BCUT2D eigenvalue weighted by Gasteiger charge is -1.98. The van der Waals surface area contributed by atoms with Gasteiger partial charge in [-0.05, 0) is 19.1 Å². The minimum atomic E-state index is -0.155. The van der Waals surface area contributed by atoms with Gasteiger partial charge in [-0.15, -0.1) is 0 Å². The summed E-state index contributed by atoms with van der Waals surface area (Å²) in [6.07, 6.45) is 0.541. The van der Waals surface area contributed by atoms with Crippen molar-refractivity contribution in [3.05, 3.63) is 29.3 Å². The van der Waals surface area contributed by atoms with E-state index in [9.17, 15) is 9.59 Å². The van der Waals surface area contributed by atoms with Crippen LogP contribution in [-0.2, 0) is 0 Å². The quantitative estimate of drug-likeness (QED) is 0.386. The van der Waals surface area contributed by atoms with Gasteiger partial charge in [0.1, 0.15) is 5.75 Å². The van der Waals surface area contributed by atoms with Crippen LogP contribution < -0.4 is 5.48 Å². The topological polar surface area (TPSA) is 86.6 Å². The molecule has 0 aliphatic rings. The summed E-state index contributed by atoms with van der Waals surface area (Å²) in [6, 6.07) is 4.21. The number of hydrogen-bond acceptors (Lipinski definition) is 5. The van der Waals surface area contributed by atoms with Crippen LogP contribution >= 0.6 is 0 Å². The van der Waals surface area contributed by atoms with Gasteiger partial charge in [0, 0.05) is 12.6 Å². The first kappa shape index (κ1) is 13.3. The molecule has 5 heteroatoms. The number of phenolic OH excluding ortho intramolecular Hbond substituents is 1. The lowest BCUT2D eigenvalue weighted by atomic mass is 10.1. The van der Waals surface area contributed by atoms with E-state index in [0.29, 0.717) is 11.8 Å². The molecule has 0 unspecified atom stereocenters. The predicted octanol–water partition coefficient (Wildman–Crippen LogP) is 1.00. The molecule has 1 aromatic carbocycles. The van der Waals surface area contributed by atoms with Gasteiger partial charge in [-0.1, -0.05) is 6.07 Å². The number of nitrogens with one attached hydrogen (secondary N) is 1. The van der Waals surface area contributed by atoms with E-state index in [4.69, 9.17) is 10.3 Å². The van der Waals surface area contributed by atoms with Gasteiger partial charge in [0.2, 0.25) is 0 Å². The highest BCUT2D eigenvalue weighted by atomic mass is 16.5. The summed E-state index contributed by atoms with van der Waals surface area (Å²) < 4.78 is 0. The zero-order chi connectivity index (χ0) is 11.8. The molecule has 0 fully saturated rings. The van der Waals surface area contributed by atoms with Gasteiger partial charge < -0.3 is 10.3 Å². The Labute approximate surface area is 87.3 Å². The Balaban J connectivity index is 0.000000583. The Hall–Kier alpha value is -1.72. The summed E-state index contributed by atoms with van der Waals surface area (Å²) in [7, 11) is 1.43. The molecule has 1 aromatic rings. The number of carbonyl (C=O) groups is 2. The monoisotopic (exact) mass is 211 g/mol. The fourth-order valence-corrected chi connectivity index (χ4v) is 0.862. The maximum Gasteiger partial charge on any atom is 0.159 e. The minimum Gasteiger partial charge on any atom is -0.507 e. The van der Waals surface area contributed by atoms with Crippen molar-refractivity contribution >= 4 is 12.1 Å². The van der Waals surface area contributed by atoms with Crippen molar-refractivity contribution in [1.29, 1.82) is 0 Å². The van der Waals surface area contributed by atoms with E-state index in [1.54, 1.807) is 5.48 Å². The van der Waals surface area contributed by atoms with Gasteiger partial charge >= 0.3 is 0 Å². The van der Waals surface area contributed by atoms with Crippen molar-refractivity contribution in [2.45, 2.75) is 6.92 Å². The Morgan fingerprint density at radius 1 is 1.47 bits per heavy atom. The van der Waals surface area contributed by atoms with Gasteiger partial charge in [-0.25, -0.2) is 5.48 Å². The van der Waals surface area contributed by atoms with Crippen molar-refractivity contribution < 1.29 is 19.9 Å². The third kappa shape index (κ3) is 4.35. The largest absolute Gasteiger partial charge is 0.507 e. The molecule has 0 spiro atoms. The Kier molecular flexibility index (Phi) is 5.92. The van der Waals surface area contributed by atoms with Crippen LogP contribution in [0.4, 0.5) is 0 Å². The molecular formula is C10H13NO4. The maximum absolute atomic E-state index is 10.8. The third-order valence-electron chi connectivity index (χ3n) is 1.56. The van der Waals surface area contributed by atoms with E-state index < -0.39 is 0 Å². The summed E-state index contributed by atoms with van der Waals surface area (Å²) >= 11 is 0. The molecule has 0 saturated carbocycles. The summed E-state index contributed by atoms with van der Waals surface area (Å²) in [5.41, 5.74) is 2.35. The molecule has 0 heterocycles. The number of ketones is 1. The van der Waals surface area contributed by atoms with E-state index in [2.05, 4.69) is 0 Å². The van der Waals surface area contributed by atoms with Crippen LogP contribution in [-0.4, -0.2) is 29.4 Å². The van der Waals surface area contributed by atoms with Crippen LogP contribution in [0.1, 0.15) is 27.6 Å². The molecule has 82 valence electrons. The molecule has 1 rings (SSSR count). The van der Waals surface area contributed by atoms with Gasteiger partial charge in [0.15, 0.2) is 12.1 Å². The highest BCUT2D eigenvalue weighted by molar-refractivity contribution is 5.95. The molecule has 0 aliphatic heterocycles. The van der Waals surface area contributed by atoms with E-state index in [-0.39, 0.29) is 17.1 Å². The molecule has 0 saturated heterocycles. The molecule has 0 aromatic heterocycles. The molecular weight excluding hydrogens is 198 g/mol. The average Bonchev–Trinajstić information content (AvgIpc) is 2.18. The normalized spacial score (nSPS) is 8.73. The van der Waals surface area contributed by atoms with E-state index in [1.165, 1.54) is 32.2 Å². The molecule has 0 aliphatic carbocycles. The van der Waals surface area contributed by atoms with E-state index in [0.717, 1.165) is 0 Å². The zero-order valence-electron chi connectivity index (χ0n) is 8.52. The minimum absolute atomic E-state index is 0.136. The molecule has 0 bridgehead atoms. The smallest absolute Gasteiger partial charge is 0.159 e. The fraction of sp³-hybridized carbons (Fsp3) is 0.200. The molecule has 0 amide bonds. The fourth-order valence-electron chi connectivity index (χ4n) is 0.862. The Morgan fingerprint density at radius 3 is 2.33 bits per heavy atom. The highest BCUT2D eigenvalue weighted by Gasteiger charge is 2.03. The Bertz CT molecular complexity index is 349. The number of Topliss-reactive ketones (excluding diaryl/α,β-unsaturated/α-hetero) is 1. The summed E-state index contributed by atoms with van der Waals surface area (Å²) in [4.78, 5) is 21.1. The molecule has 3 N–H and O–H groups in total. The first-order valence-electron chi connectivity index (χ1n) is 4.16. The lowest BCUT2D eigenvalue weighted by molar-refractivity contribution is 0.101. The second-order valence-electron chi connectivity index (χ2n) is 2.67. The van der Waals surface area contributed by atoms with Crippen LogP contribution in [0, 0.1) is 0 Å². The first-order valence-corrected chi connectivity index (χ1v) is 4.16. The standard InChI is InChI=1S/C9H8O3.CH5NO/c1-6(11)7-2-3-8(5-10)9(12)4-7;1-2-3/h2-5,12H,1H3;2-3H,1H3. The van der Waals surface area contributed by atoms with Crippen LogP contribution in [0.5, 0.6) is 5.75 Å². The second kappa shape index (κ2) is 6.69. The molecule has 5 nitrogen and oxygen atoms in total. The van der Waals surface area contributed by atoms with Crippen molar-refractivity contribution in [2.24, 2.45) is 0 Å². The predicted molar refractivity (Wildman–Crippen MR) is 54.3 cm³/mol. The number of rotatable bonds is 2. The van der Waals surface area contributed by atoms with Crippen molar-refractivity contribution in [3.63, 3.8) is 0 Å². The number of benzene rings is 1. The second-order valence-corrected chi connectivity index (χ2v) is 2.67. The number of aromatic hydroxyl groups is 1. The van der Waals surface area contributed by atoms with Crippen molar-refractivity contribution in [1.82, 2.24) is 5.48 Å². The van der Waals surface area contributed by atoms with Crippen LogP contribution in [0.25, 0.3) is 0 Å². The number of phenols is 1.